The first-order valence-electron chi connectivity index (χ1n) is 6.69. The third-order valence-electron chi connectivity index (χ3n) is 3.19. The van der Waals surface area contributed by atoms with E-state index in [9.17, 15) is 0 Å². The molecule has 20 heavy (non-hydrogen) atoms. The van der Waals surface area contributed by atoms with E-state index in [2.05, 4.69) is 29.1 Å². The molecule has 0 amide bonds. The second-order valence-corrected chi connectivity index (χ2v) is 5.06. The van der Waals surface area contributed by atoms with Crippen LogP contribution in [-0.4, -0.2) is 28.6 Å². The molecule has 0 aliphatic heterocycles. The Morgan fingerprint density at radius 2 is 2.25 bits per heavy atom. The molecule has 5 heteroatoms. The molecule has 106 valence electrons. The molecule has 0 aliphatic carbocycles. The second kappa shape index (κ2) is 6.68. The normalized spacial score (nSPS) is 10.8. The predicted molar refractivity (Wildman–Crippen MR) is 83.3 cm³/mol. The van der Waals surface area contributed by atoms with Gasteiger partial charge in [0.25, 0.3) is 0 Å². The topological polar surface area (TPSA) is 42.7 Å². The van der Waals surface area contributed by atoms with Crippen LogP contribution >= 0.6 is 11.6 Å². The van der Waals surface area contributed by atoms with Crippen molar-refractivity contribution in [3.05, 3.63) is 47.3 Å². The van der Waals surface area contributed by atoms with Crippen molar-refractivity contribution in [2.45, 2.75) is 19.8 Å². The Bertz CT molecular complexity index is 604. The van der Waals surface area contributed by atoms with E-state index in [-0.39, 0.29) is 0 Å². The molecule has 4 nitrogen and oxygen atoms in total. The summed E-state index contributed by atoms with van der Waals surface area (Å²) in [5, 5.41) is 12.2. The Labute approximate surface area is 124 Å². The van der Waals surface area contributed by atoms with Gasteiger partial charge in [-0.15, -0.1) is 5.10 Å². The summed E-state index contributed by atoms with van der Waals surface area (Å²) in [4.78, 5) is 0. The number of aromatic nitrogens is 3. The number of hydrogen-bond acceptors (Lipinski definition) is 3. The molecule has 1 aromatic heterocycles. The van der Waals surface area contributed by atoms with E-state index in [1.54, 1.807) is 4.68 Å². The van der Waals surface area contributed by atoms with Crippen molar-refractivity contribution in [1.29, 1.82) is 0 Å². The summed E-state index contributed by atoms with van der Waals surface area (Å²) in [5.74, 6) is 0. The van der Waals surface area contributed by atoms with Gasteiger partial charge in [-0.2, -0.15) is 0 Å². The summed E-state index contributed by atoms with van der Waals surface area (Å²) in [7, 11) is 1.92. The summed E-state index contributed by atoms with van der Waals surface area (Å²) in [6, 6.07) is 5.74. The predicted octanol–water partition coefficient (Wildman–Crippen LogP) is 3.11. The van der Waals surface area contributed by atoms with Gasteiger partial charge in [0.2, 0.25) is 0 Å². The third kappa shape index (κ3) is 3.26. The monoisotopic (exact) mass is 290 g/mol. The third-order valence-corrected chi connectivity index (χ3v) is 3.42. The maximum absolute atomic E-state index is 6.08. The number of rotatable bonds is 6. The fraction of sp³-hybridized carbons (Fsp3) is 0.333. The fourth-order valence-corrected chi connectivity index (χ4v) is 2.14. The van der Waals surface area contributed by atoms with Crippen LogP contribution in [0.1, 0.15) is 24.6 Å². The maximum Gasteiger partial charge on any atom is 0.0844 e. The summed E-state index contributed by atoms with van der Waals surface area (Å²) < 4.78 is 1.79. The van der Waals surface area contributed by atoms with Crippen LogP contribution in [-0.2, 0) is 6.42 Å². The highest BCUT2D eigenvalue weighted by molar-refractivity contribution is 6.30. The fourth-order valence-electron chi connectivity index (χ4n) is 1.97. The van der Waals surface area contributed by atoms with E-state index in [0.717, 1.165) is 41.9 Å². The Morgan fingerprint density at radius 1 is 1.45 bits per heavy atom. The summed E-state index contributed by atoms with van der Waals surface area (Å²) in [5.41, 5.74) is 3.98. The Hall–Kier alpha value is -1.65. The molecule has 2 rings (SSSR count). The molecular formula is C15H19ClN4. The van der Waals surface area contributed by atoms with Crippen LogP contribution in [0.25, 0.3) is 11.3 Å². The zero-order chi connectivity index (χ0) is 14.5. The molecule has 1 heterocycles. The molecule has 0 saturated carbocycles. The smallest absolute Gasteiger partial charge is 0.0844 e. The highest BCUT2D eigenvalue weighted by Gasteiger charge is 2.10. The van der Waals surface area contributed by atoms with Gasteiger partial charge in [0.05, 0.1) is 17.6 Å². The zero-order valence-corrected chi connectivity index (χ0v) is 12.6. The van der Waals surface area contributed by atoms with Crippen LogP contribution < -0.4 is 5.32 Å². The quantitative estimate of drug-likeness (QED) is 0.889. The van der Waals surface area contributed by atoms with Gasteiger partial charge in [-0.1, -0.05) is 30.3 Å². The van der Waals surface area contributed by atoms with E-state index < -0.39 is 0 Å². The van der Waals surface area contributed by atoms with E-state index in [1.807, 2.05) is 31.4 Å². The van der Waals surface area contributed by atoms with Crippen molar-refractivity contribution in [2.24, 2.45) is 0 Å². The Balaban J connectivity index is 2.36. The molecule has 0 spiro atoms. The Kier molecular flexibility index (Phi) is 4.93. The molecule has 2 aromatic rings. The van der Waals surface area contributed by atoms with E-state index in [0.29, 0.717) is 5.02 Å². The molecule has 0 aliphatic rings. The highest BCUT2D eigenvalue weighted by Crippen LogP contribution is 2.26. The summed E-state index contributed by atoms with van der Waals surface area (Å²) in [6.45, 7) is 7.06. The second-order valence-electron chi connectivity index (χ2n) is 4.63. The molecular weight excluding hydrogens is 272 g/mol. The zero-order valence-electron chi connectivity index (χ0n) is 11.9. The van der Waals surface area contributed by atoms with Gasteiger partial charge in [-0.25, -0.2) is 4.68 Å². The van der Waals surface area contributed by atoms with Gasteiger partial charge >= 0.3 is 0 Å². The van der Waals surface area contributed by atoms with E-state index >= 15 is 0 Å². The van der Waals surface area contributed by atoms with E-state index in [4.69, 9.17) is 11.6 Å². The maximum atomic E-state index is 6.08. The highest BCUT2D eigenvalue weighted by atomic mass is 35.5. The lowest BCUT2D eigenvalue weighted by Crippen LogP contribution is -2.10. The summed E-state index contributed by atoms with van der Waals surface area (Å²) in [6.07, 6.45) is 3.68. The van der Waals surface area contributed by atoms with Crippen molar-refractivity contribution in [1.82, 2.24) is 20.3 Å². The molecule has 0 unspecified atom stereocenters. The molecule has 1 N–H and O–H groups in total. The average molecular weight is 291 g/mol. The minimum Gasteiger partial charge on any atom is -0.319 e. The van der Waals surface area contributed by atoms with Crippen molar-refractivity contribution >= 4 is 17.2 Å². The van der Waals surface area contributed by atoms with Crippen molar-refractivity contribution in [3.8, 4) is 5.69 Å². The number of allylic oxidation sites excluding steroid dienone is 1. The lowest BCUT2D eigenvalue weighted by Gasteiger charge is -2.10. The van der Waals surface area contributed by atoms with Crippen LogP contribution in [0.5, 0.6) is 0 Å². The van der Waals surface area contributed by atoms with Gasteiger partial charge in [-0.3, -0.25) is 0 Å². The molecule has 0 fully saturated rings. The minimum absolute atomic E-state index is 0.703. The first-order valence-corrected chi connectivity index (χ1v) is 7.07. The number of likely N-dealkylation sites (N-methyl/N-ethyl adjacent to an activating group) is 1. The lowest BCUT2D eigenvalue weighted by molar-refractivity contribution is 0.762. The van der Waals surface area contributed by atoms with Crippen molar-refractivity contribution in [3.63, 3.8) is 0 Å². The first kappa shape index (κ1) is 14.8. The van der Waals surface area contributed by atoms with E-state index in [1.165, 1.54) is 0 Å². The SMILES string of the molecule is C=C(CC)c1cc(Cl)ccc1-n1cc(CCNC)nn1. The lowest BCUT2D eigenvalue weighted by atomic mass is 10.0. The van der Waals surface area contributed by atoms with Crippen LogP contribution in [0.15, 0.2) is 31.0 Å². The largest absolute Gasteiger partial charge is 0.319 e. The number of benzene rings is 1. The number of hydrogen-bond donors (Lipinski definition) is 1. The molecule has 0 atom stereocenters. The van der Waals surface area contributed by atoms with Gasteiger partial charge in [0, 0.05) is 23.6 Å². The van der Waals surface area contributed by atoms with Crippen LogP contribution in [0.3, 0.4) is 0 Å². The van der Waals surface area contributed by atoms with Crippen LogP contribution in [0.4, 0.5) is 0 Å². The average Bonchev–Trinajstić information content (AvgIpc) is 2.92. The van der Waals surface area contributed by atoms with Gasteiger partial charge in [-0.05, 0) is 37.2 Å². The molecule has 0 bridgehead atoms. The van der Waals surface area contributed by atoms with Gasteiger partial charge < -0.3 is 5.32 Å². The standard InChI is InChI=1S/C15H19ClN4/c1-4-11(2)14-9-12(16)5-6-15(14)20-10-13(18-19-20)7-8-17-3/h5-6,9-10,17H,2,4,7-8H2,1,3H3. The number of halogens is 1. The molecule has 0 radical (unpaired) electrons. The Morgan fingerprint density at radius 3 is 2.95 bits per heavy atom. The summed E-state index contributed by atoms with van der Waals surface area (Å²) >= 11 is 6.08. The minimum atomic E-state index is 0.703. The van der Waals surface area contributed by atoms with Crippen LogP contribution in [0, 0.1) is 0 Å². The number of nitrogens with one attached hydrogen (secondary N) is 1. The molecule has 1 aromatic carbocycles. The van der Waals surface area contributed by atoms with Gasteiger partial charge in [0.15, 0.2) is 0 Å². The molecule has 0 saturated heterocycles. The van der Waals surface area contributed by atoms with Crippen molar-refractivity contribution in [2.75, 3.05) is 13.6 Å². The van der Waals surface area contributed by atoms with Crippen molar-refractivity contribution < 1.29 is 0 Å². The first-order chi connectivity index (χ1) is 9.65. The van der Waals surface area contributed by atoms with Gasteiger partial charge in [0.1, 0.15) is 0 Å². The number of nitrogens with zero attached hydrogens (tertiary/aromatic N) is 3. The van der Waals surface area contributed by atoms with Crippen LogP contribution in [0.2, 0.25) is 5.02 Å².